The van der Waals surface area contributed by atoms with Crippen molar-refractivity contribution in [1.82, 2.24) is 4.90 Å². The van der Waals surface area contributed by atoms with Crippen LogP contribution in [0.15, 0.2) is 0 Å². The van der Waals surface area contributed by atoms with E-state index in [-0.39, 0.29) is 25.6 Å². The highest BCUT2D eigenvalue weighted by Crippen LogP contribution is 2.20. The lowest BCUT2D eigenvalue weighted by molar-refractivity contribution is -0.127. The predicted octanol–water partition coefficient (Wildman–Crippen LogP) is -1.81. The van der Waals surface area contributed by atoms with Gasteiger partial charge in [-0.05, 0) is 6.42 Å². The summed E-state index contributed by atoms with van der Waals surface area (Å²) in [5.41, 5.74) is 0. The van der Waals surface area contributed by atoms with Crippen molar-refractivity contribution >= 4 is 24.9 Å². The molecule has 1 amide bonds. The van der Waals surface area contributed by atoms with Gasteiger partial charge >= 0.3 is 19.0 Å². The van der Waals surface area contributed by atoms with Crippen LogP contribution in [-0.2, 0) is 15.0 Å². The summed E-state index contributed by atoms with van der Waals surface area (Å²) in [6.45, 7) is -0.157. The number of rotatable bonds is 5. The van der Waals surface area contributed by atoms with E-state index in [1.807, 2.05) is 0 Å². The molecule has 1 fully saturated rings. The Morgan fingerprint density at radius 2 is 2.00 bits per heavy atom. The monoisotopic (exact) mass is 287 g/mol. The van der Waals surface area contributed by atoms with Gasteiger partial charge in [0.2, 0.25) is 5.91 Å². The molecular formula is C7H14FNO6SSi. The van der Waals surface area contributed by atoms with Crippen LogP contribution in [0, 0.1) is 0 Å². The fourth-order valence-corrected chi connectivity index (χ4v) is 2.98. The quantitative estimate of drug-likeness (QED) is 0.405. The molecule has 0 spiro atoms. The van der Waals surface area contributed by atoms with Crippen LogP contribution in [0.4, 0.5) is 3.89 Å². The average molecular weight is 287 g/mol. The van der Waals surface area contributed by atoms with E-state index in [2.05, 4.69) is 0 Å². The lowest BCUT2D eigenvalue weighted by atomic mass is 10.4. The number of hydrogen-bond donors (Lipinski definition) is 3. The summed E-state index contributed by atoms with van der Waals surface area (Å²) < 4.78 is 33.8. The first-order chi connectivity index (χ1) is 7.59. The van der Waals surface area contributed by atoms with Gasteiger partial charge < -0.3 is 19.3 Å². The van der Waals surface area contributed by atoms with E-state index >= 15 is 0 Å². The Morgan fingerprint density at radius 1 is 1.41 bits per heavy atom. The molecule has 1 rings (SSSR count). The Labute approximate surface area is 99.1 Å². The van der Waals surface area contributed by atoms with Crippen LogP contribution in [0.2, 0.25) is 6.04 Å². The Kier molecular flexibility index (Phi) is 4.25. The number of carbonyl (C=O) groups is 1. The van der Waals surface area contributed by atoms with Crippen molar-refractivity contribution in [2.45, 2.75) is 24.1 Å². The molecule has 0 saturated carbocycles. The molecule has 7 nitrogen and oxygen atoms in total. The number of carbonyl (C=O) groups excluding carboxylic acids is 1. The lowest BCUT2D eigenvalue weighted by Crippen LogP contribution is -2.36. The van der Waals surface area contributed by atoms with Gasteiger partial charge in [-0.2, -0.15) is 8.42 Å². The molecule has 17 heavy (non-hydrogen) atoms. The predicted molar refractivity (Wildman–Crippen MR) is 56.8 cm³/mol. The van der Waals surface area contributed by atoms with E-state index in [1.54, 1.807) is 0 Å². The van der Waals surface area contributed by atoms with Crippen LogP contribution in [0.1, 0.15) is 12.8 Å². The highest BCUT2D eigenvalue weighted by Gasteiger charge is 2.38. The first-order valence-corrected chi connectivity index (χ1v) is 8.47. The molecule has 0 aliphatic carbocycles. The van der Waals surface area contributed by atoms with Crippen LogP contribution >= 0.6 is 0 Å². The zero-order valence-corrected chi connectivity index (χ0v) is 10.7. The zero-order chi connectivity index (χ0) is 13.3. The minimum absolute atomic E-state index is 0.0707. The third-order valence-electron chi connectivity index (χ3n) is 2.52. The molecule has 0 aromatic carbocycles. The van der Waals surface area contributed by atoms with Crippen molar-refractivity contribution in [2.24, 2.45) is 0 Å². The lowest BCUT2D eigenvalue weighted by Gasteiger charge is -2.16. The highest BCUT2D eigenvalue weighted by atomic mass is 32.3. The molecular weight excluding hydrogens is 273 g/mol. The summed E-state index contributed by atoms with van der Waals surface area (Å²) in [4.78, 5) is 38.6. The number of amides is 1. The molecule has 1 aliphatic rings. The molecule has 0 bridgehead atoms. The minimum atomic E-state index is -4.72. The van der Waals surface area contributed by atoms with E-state index in [0.29, 0.717) is 0 Å². The maximum absolute atomic E-state index is 12.6. The van der Waals surface area contributed by atoms with Crippen molar-refractivity contribution in [3.8, 4) is 0 Å². The van der Waals surface area contributed by atoms with Crippen LogP contribution in [-0.4, -0.2) is 60.8 Å². The maximum Gasteiger partial charge on any atom is 0.492 e. The zero-order valence-electron chi connectivity index (χ0n) is 8.91. The van der Waals surface area contributed by atoms with Crippen molar-refractivity contribution < 1.29 is 31.5 Å². The molecule has 1 unspecified atom stereocenters. The molecule has 1 aliphatic heterocycles. The molecule has 3 N–H and O–H groups in total. The van der Waals surface area contributed by atoms with Gasteiger partial charge in [0.05, 0.1) is 0 Å². The molecule has 0 aromatic rings. The van der Waals surface area contributed by atoms with E-state index < -0.39 is 36.6 Å². The molecule has 1 atom stereocenters. The van der Waals surface area contributed by atoms with Gasteiger partial charge in [0, 0.05) is 25.6 Å². The summed E-state index contributed by atoms with van der Waals surface area (Å²) in [6.07, 6.45) is -0.265. The normalized spacial score (nSPS) is 22.2. The van der Waals surface area contributed by atoms with Crippen LogP contribution in [0.5, 0.6) is 0 Å². The number of halogens is 1. The highest BCUT2D eigenvalue weighted by molar-refractivity contribution is 7.87. The summed E-state index contributed by atoms with van der Waals surface area (Å²) in [6, 6.07) is -0.246. The third-order valence-corrected chi connectivity index (χ3v) is 4.65. The number of nitrogens with zero attached hydrogens (tertiary/aromatic N) is 1. The fourth-order valence-electron chi connectivity index (χ4n) is 1.65. The molecule has 0 radical (unpaired) electrons. The molecule has 1 saturated heterocycles. The SMILES string of the molecule is O=C1CC(S(=O)(=O)F)CN1CCC[Si](O)(O)O. The second-order valence-corrected chi connectivity index (χ2v) is 7.69. The van der Waals surface area contributed by atoms with Gasteiger partial charge in [-0.1, -0.05) is 0 Å². The van der Waals surface area contributed by atoms with Gasteiger partial charge in [-0.3, -0.25) is 4.79 Å². The number of hydrogen-bond acceptors (Lipinski definition) is 6. The van der Waals surface area contributed by atoms with E-state index in [4.69, 9.17) is 14.4 Å². The second kappa shape index (κ2) is 4.98. The second-order valence-electron chi connectivity index (χ2n) is 4.02. The Hall–Kier alpha value is -0.553. The molecule has 0 aromatic heterocycles. The van der Waals surface area contributed by atoms with Crippen molar-refractivity contribution in [1.29, 1.82) is 0 Å². The largest absolute Gasteiger partial charge is 0.492 e. The summed E-state index contributed by atoms with van der Waals surface area (Å²) in [5.74, 6) is -0.489. The average Bonchev–Trinajstić information content (AvgIpc) is 2.45. The molecule has 1 heterocycles. The van der Waals surface area contributed by atoms with Gasteiger partial charge in [-0.25, -0.2) is 0 Å². The van der Waals surface area contributed by atoms with Gasteiger partial charge in [0.15, 0.2) is 0 Å². The fraction of sp³-hybridized carbons (Fsp3) is 0.857. The molecule has 100 valence electrons. The maximum atomic E-state index is 12.6. The van der Waals surface area contributed by atoms with E-state index in [0.717, 1.165) is 4.90 Å². The van der Waals surface area contributed by atoms with E-state index in [9.17, 15) is 17.1 Å². The Balaban J connectivity index is 2.44. The first kappa shape index (κ1) is 14.5. The Bertz CT molecular complexity index is 394. The first-order valence-electron chi connectivity index (χ1n) is 4.98. The van der Waals surface area contributed by atoms with Crippen molar-refractivity contribution in [3.05, 3.63) is 0 Å². The standard InChI is InChI=1S/C7H14FNO6SSi/c8-16(11,12)6-4-7(10)9(5-6)2-1-3-17(13,14)15/h6,13-15H,1-5H2. The van der Waals surface area contributed by atoms with Gasteiger partial charge in [0.1, 0.15) is 5.25 Å². The number of likely N-dealkylation sites (tertiary alicyclic amines) is 1. The molecule has 10 heteroatoms. The van der Waals surface area contributed by atoms with Gasteiger partial charge in [0.25, 0.3) is 0 Å². The minimum Gasteiger partial charge on any atom is -0.390 e. The van der Waals surface area contributed by atoms with E-state index in [1.165, 1.54) is 0 Å². The third kappa shape index (κ3) is 4.67. The topological polar surface area (TPSA) is 115 Å². The summed E-state index contributed by atoms with van der Waals surface area (Å²) >= 11 is 0. The Morgan fingerprint density at radius 3 is 2.41 bits per heavy atom. The van der Waals surface area contributed by atoms with Crippen molar-refractivity contribution in [3.63, 3.8) is 0 Å². The summed E-state index contributed by atoms with van der Waals surface area (Å²) in [5, 5.41) is -1.34. The summed E-state index contributed by atoms with van der Waals surface area (Å²) in [7, 11) is -8.86. The van der Waals surface area contributed by atoms with Crippen LogP contribution in [0.3, 0.4) is 0 Å². The van der Waals surface area contributed by atoms with Crippen molar-refractivity contribution in [2.75, 3.05) is 13.1 Å². The smallest absolute Gasteiger partial charge is 0.390 e. The van der Waals surface area contributed by atoms with Gasteiger partial charge in [-0.15, -0.1) is 3.89 Å². The van der Waals surface area contributed by atoms with Crippen LogP contribution in [0.25, 0.3) is 0 Å². The van der Waals surface area contributed by atoms with Crippen LogP contribution < -0.4 is 0 Å².